The molecule has 0 aromatic heterocycles. The average Bonchev–Trinajstić information content (AvgIpc) is 2.27. The number of rotatable bonds is 5. The van der Waals surface area contributed by atoms with Crippen LogP contribution in [-0.4, -0.2) is 77.0 Å². The molecule has 5 atom stereocenters. The SMILES string of the molecule is C[C@H]1OC(O)[C@@H](O)[C@@H](N(CCN)CCN)C1O. The summed E-state index contributed by atoms with van der Waals surface area (Å²) in [6.07, 6.45) is -3.89. The highest BCUT2D eigenvalue weighted by molar-refractivity contribution is 4.94. The van der Waals surface area contributed by atoms with Crippen molar-refractivity contribution in [3.63, 3.8) is 0 Å². The van der Waals surface area contributed by atoms with Crippen molar-refractivity contribution in [3.8, 4) is 0 Å². The van der Waals surface area contributed by atoms with Gasteiger partial charge in [-0.25, -0.2) is 0 Å². The number of aliphatic hydroxyl groups is 3. The van der Waals surface area contributed by atoms with Crippen molar-refractivity contribution in [1.82, 2.24) is 4.90 Å². The molecular formula is C10H23N3O4. The van der Waals surface area contributed by atoms with Crippen LogP contribution in [0.15, 0.2) is 0 Å². The number of nitrogens with zero attached hydrogens (tertiary/aromatic N) is 1. The van der Waals surface area contributed by atoms with Crippen LogP contribution in [-0.2, 0) is 4.74 Å². The molecule has 1 aliphatic rings. The monoisotopic (exact) mass is 249 g/mol. The third-order valence-corrected chi connectivity index (χ3v) is 3.08. The molecule has 0 spiro atoms. The Morgan fingerprint density at radius 2 is 1.59 bits per heavy atom. The summed E-state index contributed by atoms with van der Waals surface area (Å²) in [6.45, 7) is 3.42. The predicted octanol–water partition coefficient (Wildman–Crippen LogP) is -2.97. The van der Waals surface area contributed by atoms with Crippen LogP contribution in [0.4, 0.5) is 0 Å². The van der Waals surface area contributed by atoms with Crippen molar-refractivity contribution in [2.24, 2.45) is 11.5 Å². The minimum absolute atomic E-state index is 0.390. The van der Waals surface area contributed by atoms with Crippen LogP contribution in [0.1, 0.15) is 6.92 Å². The first-order valence-corrected chi connectivity index (χ1v) is 5.86. The molecule has 7 N–H and O–H groups in total. The van der Waals surface area contributed by atoms with Gasteiger partial charge in [0.1, 0.15) is 6.10 Å². The number of hydrogen-bond acceptors (Lipinski definition) is 7. The fourth-order valence-electron chi connectivity index (χ4n) is 2.20. The molecule has 1 rings (SSSR count). The second-order valence-corrected chi connectivity index (χ2v) is 4.32. The van der Waals surface area contributed by atoms with Crippen molar-refractivity contribution in [2.75, 3.05) is 26.2 Å². The van der Waals surface area contributed by atoms with Crippen LogP contribution in [0, 0.1) is 0 Å². The summed E-state index contributed by atoms with van der Waals surface area (Å²) in [5.41, 5.74) is 11.0. The van der Waals surface area contributed by atoms with Gasteiger partial charge in [0.05, 0.1) is 18.2 Å². The van der Waals surface area contributed by atoms with Gasteiger partial charge in [0, 0.05) is 26.2 Å². The third-order valence-electron chi connectivity index (χ3n) is 3.08. The van der Waals surface area contributed by atoms with Crippen LogP contribution >= 0.6 is 0 Å². The lowest BCUT2D eigenvalue weighted by molar-refractivity contribution is -0.266. The third kappa shape index (κ3) is 3.35. The number of aliphatic hydroxyl groups excluding tert-OH is 3. The van der Waals surface area contributed by atoms with Crippen LogP contribution in [0.25, 0.3) is 0 Å². The maximum atomic E-state index is 10.0. The summed E-state index contributed by atoms with van der Waals surface area (Å²) in [5, 5.41) is 29.5. The molecule has 1 fully saturated rings. The van der Waals surface area contributed by atoms with E-state index in [2.05, 4.69) is 0 Å². The van der Waals surface area contributed by atoms with E-state index in [1.807, 2.05) is 0 Å². The van der Waals surface area contributed by atoms with Gasteiger partial charge in [-0.3, -0.25) is 4.90 Å². The second kappa shape index (κ2) is 6.60. The Morgan fingerprint density at radius 3 is 2.06 bits per heavy atom. The van der Waals surface area contributed by atoms with E-state index in [4.69, 9.17) is 16.2 Å². The predicted molar refractivity (Wildman–Crippen MR) is 62.0 cm³/mol. The number of hydrogen-bond donors (Lipinski definition) is 5. The lowest BCUT2D eigenvalue weighted by atomic mass is 9.95. The Bertz CT molecular complexity index is 212. The van der Waals surface area contributed by atoms with E-state index in [1.54, 1.807) is 11.8 Å². The topological polar surface area (TPSA) is 125 Å². The molecule has 102 valence electrons. The van der Waals surface area contributed by atoms with E-state index < -0.39 is 30.6 Å². The van der Waals surface area contributed by atoms with Crippen molar-refractivity contribution in [3.05, 3.63) is 0 Å². The van der Waals surface area contributed by atoms with Crippen molar-refractivity contribution in [1.29, 1.82) is 0 Å². The fraction of sp³-hybridized carbons (Fsp3) is 1.00. The van der Waals surface area contributed by atoms with Gasteiger partial charge in [0.2, 0.25) is 0 Å². The molecule has 17 heavy (non-hydrogen) atoms. The summed E-state index contributed by atoms with van der Waals surface area (Å²) >= 11 is 0. The number of nitrogens with two attached hydrogens (primary N) is 2. The molecule has 0 aliphatic carbocycles. The van der Waals surface area contributed by atoms with Gasteiger partial charge in [-0.1, -0.05) is 0 Å². The lowest BCUT2D eigenvalue weighted by Crippen LogP contribution is -2.64. The van der Waals surface area contributed by atoms with Gasteiger partial charge < -0.3 is 31.5 Å². The average molecular weight is 249 g/mol. The Morgan fingerprint density at radius 1 is 1.06 bits per heavy atom. The molecule has 7 heteroatoms. The minimum atomic E-state index is -1.29. The minimum Gasteiger partial charge on any atom is -0.389 e. The van der Waals surface area contributed by atoms with Crippen molar-refractivity contribution < 1.29 is 20.1 Å². The van der Waals surface area contributed by atoms with Crippen molar-refractivity contribution in [2.45, 2.75) is 37.6 Å². The van der Waals surface area contributed by atoms with E-state index in [9.17, 15) is 15.3 Å². The van der Waals surface area contributed by atoms with E-state index in [0.29, 0.717) is 26.2 Å². The van der Waals surface area contributed by atoms with Crippen LogP contribution in [0.5, 0.6) is 0 Å². The smallest absolute Gasteiger partial charge is 0.182 e. The van der Waals surface area contributed by atoms with Gasteiger partial charge in [0.25, 0.3) is 0 Å². The molecule has 0 aromatic carbocycles. The van der Waals surface area contributed by atoms with E-state index in [1.165, 1.54) is 0 Å². The first kappa shape index (κ1) is 14.8. The lowest BCUT2D eigenvalue weighted by Gasteiger charge is -2.45. The highest BCUT2D eigenvalue weighted by Crippen LogP contribution is 2.23. The number of ether oxygens (including phenoxy) is 1. The first-order valence-electron chi connectivity index (χ1n) is 5.86. The Labute approximate surface area is 101 Å². The van der Waals surface area contributed by atoms with E-state index in [0.717, 1.165) is 0 Å². The molecule has 7 nitrogen and oxygen atoms in total. The van der Waals surface area contributed by atoms with E-state index in [-0.39, 0.29) is 0 Å². The van der Waals surface area contributed by atoms with E-state index >= 15 is 0 Å². The standard InChI is InChI=1S/C10H23N3O4/c1-6-8(14)7(9(15)10(16)17-6)13(4-2-11)5-3-12/h6-10,14-16H,2-5,11-12H2,1H3/t6-,7+,8?,9+,10?/m1/s1. The molecule has 1 heterocycles. The fourth-order valence-corrected chi connectivity index (χ4v) is 2.20. The normalized spacial score (nSPS) is 38.6. The first-order chi connectivity index (χ1) is 8.02. The molecule has 0 aromatic rings. The van der Waals surface area contributed by atoms with Gasteiger partial charge in [-0.2, -0.15) is 0 Å². The van der Waals surface area contributed by atoms with Crippen LogP contribution in [0.2, 0.25) is 0 Å². The zero-order valence-electron chi connectivity index (χ0n) is 10.1. The maximum absolute atomic E-state index is 10.0. The molecule has 0 radical (unpaired) electrons. The molecule has 2 unspecified atom stereocenters. The molecule has 0 saturated carbocycles. The summed E-state index contributed by atoms with van der Waals surface area (Å²) < 4.78 is 5.01. The van der Waals surface area contributed by atoms with Gasteiger partial charge >= 0.3 is 0 Å². The summed E-state index contributed by atoms with van der Waals surface area (Å²) in [7, 11) is 0. The molecular weight excluding hydrogens is 226 g/mol. The van der Waals surface area contributed by atoms with Gasteiger partial charge in [-0.05, 0) is 6.92 Å². The Hall–Kier alpha value is -0.280. The Balaban J connectivity index is 2.80. The highest BCUT2D eigenvalue weighted by atomic mass is 16.6. The molecule has 1 aliphatic heterocycles. The summed E-state index contributed by atoms with van der Waals surface area (Å²) in [5.74, 6) is 0. The van der Waals surface area contributed by atoms with Crippen LogP contribution < -0.4 is 11.5 Å². The Kier molecular flexibility index (Phi) is 5.74. The van der Waals surface area contributed by atoms with Crippen molar-refractivity contribution >= 4 is 0 Å². The largest absolute Gasteiger partial charge is 0.389 e. The highest BCUT2D eigenvalue weighted by Gasteiger charge is 2.44. The second-order valence-electron chi connectivity index (χ2n) is 4.32. The quantitative estimate of drug-likeness (QED) is 0.352. The maximum Gasteiger partial charge on any atom is 0.182 e. The zero-order chi connectivity index (χ0) is 13.0. The zero-order valence-corrected chi connectivity index (χ0v) is 10.1. The molecule has 1 saturated heterocycles. The van der Waals surface area contributed by atoms with Gasteiger partial charge in [0.15, 0.2) is 6.29 Å². The summed E-state index contributed by atoms with van der Waals surface area (Å²) in [4.78, 5) is 1.79. The van der Waals surface area contributed by atoms with Crippen LogP contribution in [0.3, 0.4) is 0 Å². The molecule has 0 amide bonds. The van der Waals surface area contributed by atoms with Gasteiger partial charge in [-0.15, -0.1) is 0 Å². The summed E-state index contributed by atoms with van der Waals surface area (Å²) in [6, 6.07) is -0.610. The molecule has 0 bridgehead atoms.